The molecule has 8 heteroatoms. The molecule has 2 heterocycles. The Hall–Kier alpha value is -1.55. The lowest BCUT2D eigenvalue weighted by molar-refractivity contribution is 0.306. The number of aryl methyl sites for hydroxylation is 2. The molecular weight excluding hydrogens is 443 g/mol. The average molecular weight is 474 g/mol. The first-order chi connectivity index (χ1) is 11.9. The highest BCUT2D eigenvalue weighted by Crippen LogP contribution is 2.18. The summed E-state index contributed by atoms with van der Waals surface area (Å²) in [6, 6.07) is 4.18. The number of furan rings is 1. The van der Waals surface area contributed by atoms with Crippen molar-refractivity contribution in [2.24, 2.45) is 12.0 Å². The standard InChI is InChI=1S/C18H30N6O.HI/c1-7-19-18(22-14(3)17-9-8-13(2)25-17)20-11-16(23(4)5)15-10-21-24(6)12-15;/h8-10,12,14,16H,7,11H2,1-6H3,(H2,19,20,22);1H. The van der Waals surface area contributed by atoms with E-state index in [0.717, 1.165) is 29.6 Å². The molecule has 0 aliphatic heterocycles. The van der Waals surface area contributed by atoms with E-state index < -0.39 is 0 Å². The van der Waals surface area contributed by atoms with Gasteiger partial charge in [-0.1, -0.05) is 0 Å². The summed E-state index contributed by atoms with van der Waals surface area (Å²) >= 11 is 0. The molecule has 26 heavy (non-hydrogen) atoms. The van der Waals surface area contributed by atoms with Crippen LogP contribution in [0.5, 0.6) is 0 Å². The molecule has 0 bridgehead atoms. The average Bonchev–Trinajstić information content (AvgIpc) is 3.16. The lowest BCUT2D eigenvalue weighted by Crippen LogP contribution is -2.39. The van der Waals surface area contributed by atoms with Crippen molar-refractivity contribution in [1.82, 2.24) is 25.3 Å². The quantitative estimate of drug-likeness (QED) is 0.367. The maximum absolute atomic E-state index is 5.70. The summed E-state index contributed by atoms with van der Waals surface area (Å²) in [6.45, 7) is 7.51. The molecule has 0 saturated heterocycles. The minimum atomic E-state index is 0. The van der Waals surface area contributed by atoms with E-state index in [1.165, 1.54) is 0 Å². The van der Waals surface area contributed by atoms with Crippen LogP contribution in [-0.2, 0) is 7.05 Å². The van der Waals surface area contributed by atoms with Gasteiger partial charge in [-0.25, -0.2) is 0 Å². The summed E-state index contributed by atoms with van der Waals surface area (Å²) in [5.41, 5.74) is 1.15. The third-order valence-corrected chi connectivity index (χ3v) is 4.04. The van der Waals surface area contributed by atoms with E-state index >= 15 is 0 Å². The normalized spacial score (nSPS) is 14.0. The van der Waals surface area contributed by atoms with Crippen LogP contribution in [0.2, 0.25) is 0 Å². The Kier molecular flexibility index (Phi) is 9.14. The van der Waals surface area contributed by atoms with Crippen LogP contribution in [0, 0.1) is 6.92 Å². The van der Waals surface area contributed by atoms with E-state index in [9.17, 15) is 0 Å². The smallest absolute Gasteiger partial charge is 0.191 e. The topological polar surface area (TPSA) is 70.6 Å². The van der Waals surface area contributed by atoms with E-state index in [-0.39, 0.29) is 36.1 Å². The van der Waals surface area contributed by atoms with E-state index in [0.29, 0.717) is 6.54 Å². The highest BCUT2D eigenvalue weighted by atomic mass is 127. The molecule has 2 N–H and O–H groups in total. The number of halogens is 1. The second-order valence-electron chi connectivity index (χ2n) is 6.46. The fourth-order valence-electron chi connectivity index (χ4n) is 2.64. The molecule has 2 aromatic rings. The second kappa shape index (κ2) is 10.6. The first kappa shape index (κ1) is 22.5. The van der Waals surface area contributed by atoms with Crippen molar-refractivity contribution in [2.45, 2.75) is 32.9 Å². The van der Waals surface area contributed by atoms with Crippen molar-refractivity contribution in [1.29, 1.82) is 0 Å². The number of hydrogen-bond donors (Lipinski definition) is 2. The molecule has 0 radical (unpaired) electrons. The van der Waals surface area contributed by atoms with Crippen LogP contribution in [0.1, 0.15) is 43.0 Å². The van der Waals surface area contributed by atoms with Crippen molar-refractivity contribution in [3.63, 3.8) is 0 Å². The maximum atomic E-state index is 5.70. The zero-order valence-electron chi connectivity index (χ0n) is 16.5. The summed E-state index contributed by atoms with van der Waals surface area (Å²) in [5, 5.41) is 11.0. The van der Waals surface area contributed by atoms with Gasteiger partial charge >= 0.3 is 0 Å². The SMILES string of the molecule is CCNC(=NCC(c1cnn(C)c1)N(C)C)NC(C)c1ccc(C)o1.I. The number of rotatable bonds is 7. The monoisotopic (exact) mass is 474 g/mol. The Morgan fingerprint density at radius 3 is 2.62 bits per heavy atom. The number of hydrogen-bond acceptors (Lipinski definition) is 4. The first-order valence-electron chi connectivity index (χ1n) is 8.66. The van der Waals surface area contributed by atoms with E-state index in [1.54, 1.807) is 0 Å². The Balaban J connectivity index is 0.00000338. The molecule has 146 valence electrons. The molecular formula is C18H31IN6O. The van der Waals surface area contributed by atoms with Gasteiger partial charge in [0.15, 0.2) is 5.96 Å². The molecule has 0 amide bonds. The molecule has 0 saturated carbocycles. The summed E-state index contributed by atoms with van der Waals surface area (Å²) in [6.07, 6.45) is 3.93. The minimum absolute atomic E-state index is 0. The molecule has 0 spiro atoms. The van der Waals surface area contributed by atoms with Crippen molar-refractivity contribution in [3.8, 4) is 0 Å². The highest BCUT2D eigenvalue weighted by molar-refractivity contribution is 14.0. The molecule has 7 nitrogen and oxygen atoms in total. The van der Waals surface area contributed by atoms with Crippen LogP contribution in [0.15, 0.2) is 33.9 Å². The molecule has 0 aliphatic carbocycles. The van der Waals surface area contributed by atoms with Crippen molar-refractivity contribution >= 4 is 29.9 Å². The van der Waals surface area contributed by atoms with Crippen LogP contribution in [0.4, 0.5) is 0 Å². The van der Waals surface area contributed by atoms with Crippen LogP contribution in [0.3, 0.4) is 0 Å². The van der Waals surface area contributed by atoms with Gasteiger partial charge in [-0.3, -0.25) is 9.67 Å². The molecule has 0 fully saturated rings. The summed E-state index contributed by atoms with van der Waals surface area (Å²) < 4.78 is 7.52. The van der Waals surface area contributed by atoms with Gasteiger partial charge in [0.25, 0.3) is 0 Å². The Morgan fingerprint density at radius 2 is 2.12 bits per heavy atom. The van der Waals surface area contributed by atoms with Gasteiger partial charge in [-0.15, -0.1) is 24.0 Å². The largest absolute Gasteiger partial charge is 0.464 e. The third kappa shape index (κ3) is 6.31. The van der Waals surface area contributed by atoms with Gasteiger partial charge in [0, 0.05) is 25.4 Å². The van der Waals surface area contributed by atoms with Crippen LogP contribution in [-0.4, -0.2) is 47.8 Å². The van der Waals surface area contributed by atoms with Crippen LogP contribution >= 0.6 is 24.0 Å². The molecule has 0 aromatic carbocycles. The van der Waals surface area contributed by atoms with Gasteiger partial charge in [-0.2, -0.15) is 5.10 Å². The summed E-state index contributed by atoms with van der Waals surface area (Å²) in [4.78, 5) is 6.92. The van der Waals surface area contributed by atoms with E-state index in [4.69, 9.17) is 9.41 Å². The van der Waals surface area contributed by atoms with Crippen molar-refractivity contribution in [3.05, 3.63) is 41.6 Å². The van der Waals surface area contributed by atoms with Gasteiger partial charge in [0.05, 0.1) is 24.8 Å². The highest BCUT2D eigenvalue weighted by Gasteiger charge is 2.17. The Labute approximate surface area is 173 Å². The van der Waals surface area contributed by atoms with Gasteiger partial charge in [0.1, 0.15) is 11.5 Å². The molecule has 2 atom stereocenters. The number of nitrogens with one attached hydrogen (secondary N) is 2. The van der Waals surface area contributed by atoms with Crippen molar-refractivity contribution in [2.75, 3.05) is 27.2 Å². The number of guanidine groups is 1. The zero-order valence-corrected chi connectivity index (χ0v) is 18.8. The number of nitrogens with zero attached hydrogens (tertiary/aromatic N) is 4. The first-order valence-corrected chi connectivity index (χ1v) is 8.66. The maximum Gasteiger partial charge on any atom is 0.191 e. The van der Waals surface area contributed by atoms with Gasteiger partial charge < -0.3 is 20.0 Å². The molecule has 0 aliphatic rings. The van der Waals surface area contributed by atoms with Gasteiger partial charge in [-0.05, 0) is 47.0 Å². The zero-order chi connectivity index (χ0) is 18.4. The molecule has 2 unspecified atom stereocenters. The predicted octanol–water partition coefficient (Wildman–Crippen LogP) is 2.86. The minimum Gasteiger partial charge on any atom is -0.464 e. The van der Waals surface area contributed by atoms with Crippen molar-refractivity contribution < 1.29 is 4.42 Å². The summed E-state index contributed by atoms with van der Waals surface area (Å²) in [5.74, 6) is 2.59. The third-order valence-electron chi connectivity index (χ3n) is 4.04. The number of aromatic nitrogens is 2. The Bertz CT molecular complexity index is 693. The van der Waals surface area contributed by atoms with Crippen LogP contribution < -0.4 is 10.6 Å². The fraction of sp³-hybridized carbons (Fsp3) is 0.556. The van der Waals surface area contributed by atoms with E-state index in [2.05, 4.69) is 48.6 Å². The fourth-order valence-corrected chi connectivity index (χ4v) is 2.64. The number of aliphatic imine (C=N–C) groups is 1. The van der Waals surface area contributed by atoms with E-state index in [1.807, 2.05) is 43.2 Å². The summed E-state index contributed by atoms with van der Waals surface area (Å²) in [7, 11) is 6.04. The van der Waals surface area contributed by atoms with Gasteiger partial charge in [0.2, 0.25) is 0 Å². The lowest BCUT2D eigenvalue weighted by Gasteiger charge is -2.22. The Morgan fingerprint density at radius 1 is 1.38 bits per heavy atom. The second-order valence-corrected chi connectivity index (χ2v) is 6.46. The molecule has 2 aromatic heterocycles. The van der Waals surface area contributed by atoms with Crippen LogP contribution in [0.25, 0.3) is 0 Å². The number of likely N-dealkylation sites (N-methyl/N-ethyl adjacent to an activating group) is 1. The molecule has 2 rings (SSSR count). The lowest BCUT2D eigenvalue weighted by atomic mass is 10.1. The predicted molar refractivity (Wildman–Crippen MR) is 116 cm³/mol.